The zero-order valence-corrected chi connectivity index (χ0v) is 9.01. The fraction of sp³-hybridized carbons (Fsp3) is 0.300. The summed E-state index contributed by atoms with van der Waals surface area (Å²) in [5, 5.41) is 2.96. The number of thiazole rings is 1. The summed E-state index contributed by atoms with van der Waals surface area (Å²) in [6.45, 7) is 4.07. The van der Waals surface area contributed by atoms with Gasteiger partial charge in [0, 0.05) is 17.8 Å². The Balaban J connectivity index is 2.34. The summed E-state index contributed by atoms with van der Waals surface area (Å²) >= 11 is 1.60. The van der Waals surface area contributed by atoms with E-state index in [0.29, 0.717) is 0 Å². The minimum Gasteiger partial charge on any atom is -0.238 e. The summed E-state index contributed by atoms with van der Waals surface area (Å²) in [5.41, 5.74) is 2.18. The molecule has 0 aliphatic rings. The number of hydrogen-bond donors (Lipinski definition) is 0. The Morgan fingerprint density at radius 2 is 2.00 bits per heavy atom. The van der Waals surface area contributed by atoms with Crippen molar-refractivity contribution in [2.75, 3.05) is 0 Å². The van der Waals surface area contributed by atoms with E-state index in [2.05, 4.69) is 27.3 Å². The first-order chi connectivity index (χ1) is 6.79. The van der Waals surface area contributed by atoms with Gasteiger partial charge in [0.15, 0.2) is 10.8 Å². The van der Waals surface area contributed by atoms with Crippen molar-refractivity contribution in [2.45, 2.75) is 20.3 Å². The predicted octanol–water partition coefficient (Wildman–Crippen LogP) is 2.47. The molecule has 2 heterocycles. The van der Waals surface area contributed by atoms with Crippen LogP contribution in [0.1, 0.15) is 18.2 Å². The van der Waals surface area contributed by atoms with Gasteiger partial charge in [-0.25, -0.2) is 15.0 Å². The highest BCUT2D eigenvalue weighted by atomic mass is 32.1. The van der Waals surface area contributed by atoms with Crippen molar-refractivity contribution in [3.05, 3.63) is 29.0 Å². The maximum Gasteiger partial charge on any atom is 0.188 e. The Labute approximate surface area is 86.9 Å². The normalized spacial score (nSPS) is 10.4. The van der Waals surface area contributed by atoms with Crippen molar-refractivity contribution in [3.8, 4) is 10.8 Å². The second kappa shape index (κ2) is 3.84. The Kier molecular flexibility index (Phi) is 2.54. The highest BCUT2D eigenvalue weighted by Gasteiger charge is 2.05. The molecular weight excluding hydrogens is 194 g/mol. The molecule has 0 aliphatic heterocycles. The van der Waals surface area contributed by atoms with E-state index < -0.39 is 0 Å². The summed E-state index contributed by atoms with van der Waals surface area (Å²) in [6.07, 6.45) is 4.59. The van der Waals surface area contributed by atoms with Gasteiger partial charge in [-0.15, -0.1) is 11.3 Å². The van der Waals surface area contributed by atoms with Gasteiger partial charge in [0.05, 0.1) is 5.69 Å². The number of aromatic nitrogens is 3. The van der Waals surface area contributed by atoms with Crippen LogP contribution in [0.25, 0.3) is 10.8 Å². The molecule has 2 aromatic rings. The van der Waals surface area contributed by atoms with Crippen molar-refractivity contribution < 1.29 is 0 Å². The predicted molar refractivity (Wildman–Crippen MR) is 57.3 cm³/mol. The van der Waals surface area contributed by atoms with Gasteiger partial charge in [-0.3, -0.25) is 0 Å². The van der Waals surface area contributed by atoms with Crippen LogP contribution in [0.4, 0.5) is 0 Å². The number of rotatable bonds is 2. The second-order valence-corrected chi connectivity index (χ2v) is 3.94. The fourth-order valence-corrected chi connectivity index (χ4v) is 1.92. The zero-order valence-electron chi connectivity index (χ0n) is 8.19. The van der Waals surface area contributed by atoms with Crippen LogP contribution < -0.4 is 0 Å². The minimum absolute atomic E-state index is 0.723. The number of nitrogens with zero attached hydrogens (tertiary/aromatic N) is 3. The van der Waals surface area contributed by atoms with Crippen LogP contribution in [0.5, 0.6) is 0 Å². The van der Waals surface area contributed by atoms with Gasteiger partial charge < -0.3 is 0 Å². The standard InChI is InChI=1S/C10H11N3S/c1-3-8-6-14-10(13-8)9-11-4-7(2)5-12-9/h4-6H,3H2,1-2H3. The van der Waals surface area contributed by atoms with E-state index in [-0.39, 0.29) is 0 Å². The van der Waals surface area contributed by atoms with Gasteiger partial charge in [0.2, 0.25) is 0 Å². The molecule has 2 rings (SSSR count). The van der Waals surface area contributed by atoms with E-state index >= 15 is 0 Å². The lowest BCUT2D eigenvalue weighted by molar-refractivity contribution is 1.05. The first-order valence-corrected chi connectivity index (χ1v) is 5.41. The van der Waals surface area contributed by atoms with Gasteiger partial charge in [-0.05, 0) is 18.9 Å². The Morgan fingerprint density at radius 3 is 2.57 bits per heavy atom. The largest absolute Gasteiger partial charge is 0.238 e. The smallest absolute Gasteiger partial charge is 0.188 e. The van der Waals surface area contributed by atoms with E-state index in [1.54, 1.807) is 11.3 Å². The monoisotopic (exact) mass is 205 g/mol. The minimum atomic E-state index is 0.723. The second-order valence-electron chi connectivity index (χ2n) is 3.08. The van der Waals surface area contributed by atoms with Crippen molar-refractivity contribution >= 4 is 11.3 Å². The van der Waals surface area contributed by atoms with Crippen molar-refractivity contribution in [3.63, 3.8) is 0 Å². The third kappa shape index (κ3) is 1.80. The molecule has 4 heteroatoms. The van der Waals surface area contributed by atoms with Crippen LogP contribution >= 0.6 is 11.3 Å². The zero-order chi connectivity index (χ0) is 9.97. The Hall–Kier alpha value is -1.29. The maximum absolute atomic E-state index is 4.42. The van der Waals surface area contributed by atoms with E-state index in [9.17, 15) is 0 Å². The first kappa shape index (κ1) is 9.27. The third-order valence-corrected chi connectivity index (χ3v) is 2.77. The summed E-state index contributed by atoms with van der Waals surface area (Å²) in [5.74, 6) is 0.723. The molecule has 0 atom stereocenters. The molecule has 0 unspecified atom stereocenters. The lowest BCUT2D eigenvalue weighted by Crippen LogP contribution is -1.89. The molecule has 3 nitrogen and oxygen atoms in total. The van der Waals surface area contributed by atoms with E-state index in [4.69, 9.17) is 0 Å². The summed E-state index contributed by atoms with van der Waals surface area (Å²) in [6, 6.07) is 0. The molecular formula is C10H11N3S. The van der Waals surface area contributed by atoms with Crippen LogP contribution in [0.15, 0.2) is 17.8 Å². The van der Waals surface area contributed by atoms with E-state index in [1.165, 1.54) is 0 Å². The summed E-state index contributed by atoms with van der Waals surface area (Å²) in [7, 11) is 0. The summed E-state index contributed by atoms with van der Waals surface area (Å²) < 4.78 is 0. The average Bonchev–Trinajstić information content (AvgIpc) is 2.67. The lowest BCUT2D eigenvalue weighted by atomic mass is 10.4. The van der Waals surface area contributed by atoms with Gasteiger partial charge in [0.25, 0.3) is 0 Å². The van der Waals surface area contributed by atoms with Crippen LogP contribution in [-0.4, -0.2) is 15.0 Å². The van der Waals surface area contributed by atoms with Gasteiger partial charge in [-0.1, -0.05) is 6.92 Å². The van der Waals surface area contributed by atoms with Gasteiger partial charge >= 0.3 is 0 Å². The molecule has 0 bridgehead atoms. The van der Waals surface area contributed by atoms with E-state index in [0.717, 1.165) is 28.5 Å². The SMILES string of the molecule is CCc1csc(-c2ncc(C)cn2)n1. The van der Waals surface area contributed by atoms with Crippen LogP contribution in [0.2, 0.25) is 0 Å². The number of aryl methyl sites for hydroxylation is 2. The molecule has 0 aromatic carbocycles. The first-order valence-electron chi connectivity index (χ1n) is 4.53. The molecule has 0 fully saturated rings. The quantitative estimate of drug-likeness (QED) is 0.756. The molecule has 0 N–H and O–H groups in total. The molecule has 0 aliphatic carbocycles. The molecule has 14 heavy (non-hydrogen) atoms. The Morgan fingerprint density at radius 1 is 1.29 bits per heavy atom. The fourth-order valence-electron chi connectivity index (χ4n) is 1.08. The van der Waals surface area contributed by atoms with Crippen LogP contribution in [0.3, 0.4) is 0 Å². The molecule has 0 amide bonds. The third-order valence-electron chi connectivity index (χ3n) is 1.89. The molecule has 72 valence electrons. The van der Waals surface area contributed by atoms with Crippen molar-refractivity contribution in [1.82, 2.24) is 15.0 Å². The molecule has 0 spiro atoms. The molecule has 2 aromatic heterocycles. The van der Waals surface area contributed by atoms with Crippen LogP contribution in [0, 0.1) is 6.92 Å². The lowest BCUT2D eigenvalue weighted by Gasteiger charge is -1.94. The van der Waals surface area contributed by atoms with E-state index in [1.807, 2.05) is 19.3 Å². The highest BCUT2D eigenvalue weighted by Crippen LogP contribution is 2.19. The topological polar surface area (TPSA) is 38.7 Å². The highest BCUT2D eigenvalue weighted by molar-refractivity contribution is 7.13. The average molecular weight is 205 g/mol. The maximum atomic E-state index is 4.42. The van der Waals surface area contributed by atoms with Gasteiger partial charge in [0.1, 0.15) is 0 Å². The molecule has 0 radical (unpaired) electrons. The molecule has 0 saturated carbocycles. The van der Waals surface area contributed by atoms with Crippen molar-refractivity contribution in [2.24, 2.45) is 0 Å². The number of hydrogen-bond acceptors (Lipinski definition) is 4. The van der Waals surface area contributed by atoms with Gasteiger partial charge in [-0.2, -0.15) is 0 Å². The Bertz CT molecular complexity index is 419. The van der Waals surface area contributed by atoms with Crippen LogP contribution in [-0.2, 0) is 6.42 Å². The summed E-state index contributed by atoms with van der Waals surface area (Å²) in [4.78, 5) is 12.9. The molecule has 0 saturated heterocycles. The van der Waals surface area contributed by atoms with Crippen molar-refractivity contribution in [1.29, 1.82) is 0 Å².